The quantitative estimate of drug-likeness (QED) is 0.190. The van der Waals surface area contributed by atoms with Crippen molar-refractivity contribution in [3.8, 4) is 39.3 Å². The normalized spacial score (nSPS) is 11.8. The van der Waals surface area contributed by atoms with Crippen LogP contribution in [0.4, 0.5) is 0 Å². The molecule has 0 radical (unpaired) electrons. The third-order valence-corrected chi connectivity index (χ3v) is 10.7. The molecule has 0 amide bonds. The molecule has 10 rings (SSSR count). The Bertz CT molecular complexity index is 2750. The van der Waals surface area contributed by atoms with Crippen LogP contribution in [0.1, 0.15) is 0 Å². The fourth-order valence-electron chi connectivity index (χ4n) is 7.30. The Labute approximate surface area is 281 Å². The monoisotopic (exact) mass is 628 g/mol. The maximum absolute atomic E-state index is 5.08. The van der Waals surface area contributed by atoms with Gasteiger partial charge in [0.25, 0.3) is 0 Å². The Morgan fingerprint density at radius 2 is 1.04 bits per heavy atom. The van der Waals surface area contributed by atoms with E-state index in [9.17, 15) is 0 Å². The predicted molar refractivity (Wildman–Crippen MR) is 205 cm³/mol. The maximum atomic E-state index is 5.08. The van der Waals surface area contributed by atoms with Gasteiger partial charge in [0.05, 0.1) is 22.4 Å². The van der Waals surface area contributed by atoms with Crippen LogP contribution in [-0.2, 0) is 0 Å². The molecule has 0 saturated heterocycles. The summed E-state index contributed by atoms with van der Waals surface area (Å²) in [5.74, 6) is 0. The lowest BCUT2D eigenvalue weighted by molar-refractivity contribution is 1.18. The maximum Gasteiger partial charge on any atom is 0.0715 e. The van der Waals surface area contributed by atoms with Gasteiger partial charge in [-0.25, -0.2) is 4.98 Å². The van der Waals surface area contributed by atoms with Gasteiger partial charge in [0.15, 0.2) is 0 Å². The van der Waals surface area contributed by atoms with Crippen molar-refractivity contribution in [2.45, 2.75) is 0 Å². The molecule has 3 heteroatoms. The molecule has 0 aliphatic rings. The van der Waals surface area contributed by atoms with Gasteiger partial charge < -0.3 is 4.57 Å². The van der Waals surface area contributed by atoms with E-state index in [2.05, 4.69) is 162 Å². The van der Waals surface area contributed by atoms with Gasteiger partial charge in [0.1, 0.15) is 0 Å². The van der Waals surface area contributed by atoms with E-state index < -0.39 is 0 Å². The van der Waals surface area contributed by atoms with Crippen LogP contribution in [0.5, 0.6) is 0 Å². The zero-order valence-electron chi connectivity index (χ0n) is 26.0. The van der Waals surface area contributed by atoms with Crippen LogP contribution in [-0.4, -0.2) is 9.55 Å². The molecule has 224 valence electrons. The number of para-hydroxylation sites is 1. The Kier molecular flexibility index (Phi) is 6.08. The van der Waals surface area contributed by atoms with Crippen molar-refractivity contribution >= 4 is 64.1 Å². The van der Waals surface area contributed by atoms with Crippen molar-refractivity contribution in [3.05, 3.63) is 170 Å². The van der Waals surface area contributed by atoms with Gasteiger partial charge in [-0.15, -0.1) is 11.3 Å². The molecular weight excluding hydrogens is 601 g/mol. The van der Waals surface area contributed by atoms with Gasteiger partial charge in [-0.05, 0) is 76.5 Å². The highest BCUT2D eigenvalue weighted by molar-refractivity contribution is 7.26. The van der Waals surface area contributed by atoms with Gasteiger partial charge in [-0.2, -0.15) is 0 Å². The molecule has 0 bridgehead atoms. The number of hydrogen-bond donors (Lipinski definition) is 0. The Morgan fingerprint density at radius 1 is 0.396 bits per heavy atom. The molecule has 48 heavy (non-hydrogen) atoms. The number of rotatable bonds is 4. The highest BCUT2D eigenvalue weighted by Gasteiger charge is 2.16. The number of nitrogens with zero attached hydrogens (tertiary/aromatic N) is 2. The summed E-state index contributed by atoms with van der Waals surface area (Å²) in [6.45, 7) is 0. The lowest BCUT2D eigenvalue weighted by Gasteiger charge is -2.12. The van der Waals surface area contributed by atoms with Crippen LogP contribution in [0.3, 0.4) is 0 Å². The highest BCUT2D eigenvalue weighted by atomic mass is 32.1. The summed E-state index contributed by atoms with van der Waals surface area (Å²) in [4.78, 5) is 5.08. The topological polar surface area (TPSA) is 17.8 Å². The molecule has 0 unspecified atom stereocenters. The molecule has 0 N–H and O–H groups in total. The number of benzene rings is 7. The van der Waals surface area contributed by atoms with E-state index in [1.54, 1.807) is 0 Å². The van der Waals surface area contributed by atoms with Crippen LogP contribution in [0.15, 0.2) is 170 Å². The van der Waals surface area contributed by atoms with Crippen LogP contribution in [0.25, 0.3) is 92.1 Å². The first kappa shape index (κ1) is 27.1. The Hall–Kier alpha value is -6.03. The van der Waals surface area contributed by atoms with E-state index in [4.69, 9.17) is 4.98 Å². The van der Waals surface area contributed by atoms with E-state index >= 15 is 0 Å². The zero-order valence-corrected chi connectivity index (χ0v) is 26.8. The van der Waals surface area contributed by atoms with E-state index in [1.807, 2.05) is 23.5 Å². The number of pyridine rings is 1. The summed E-state index contributed by atoms with van der Waals surface area (Å²) in [5.41, 5.74) is 10.0. The van der Waals surface area contributed by atoms with E-state index in [0.29, 0.717) is 0 Å². The first-order valence-electron chi connectivity index (χ1n) is 16.3. The predicted octanol–water partition coefficient (Wildman–Crippen LogP) is 12.7. The molecule has 0 atom stereocenters. The minimum atomic E-state index is 0.970. The lowest BCUT2D eigenvalue weighted by Crippen LogP contribution is -1.94. The lowest BCUT2D eigenvalue weighted by atomic mass is 9.99. The average Bonchev–Trinajstić information content (AvgIpc) is 3.70. The fraction of sp³-hybridized carbons (Fsp3) is 0. The molecular formula is C45H28N2S. The summed E-state index contributed by atoms with van der Waals surface area (Å²) in [6, 6.07) is 61.3. The van der Waals surface area contributed by atoms with Gasteiger partial charge in [-0.3, -0.25) is 0 Å². The number of hydrogen-bond acceptors (Lipinski definition) is 2. The number of aromatic nitrogens is 2. The molecule has 0 aliphatic carbocycles. The largest absolute Gasteiger partial charge is 0.309 e. The van der Waals surface area contributed by atoms with Crippen molar-refractivity contribution in [2.24, 2.45) is 0 Å². The molecule has 3 heterocycles. The Balaban J connectivity index is 1.14. The summed E-state index contributed by atoms with van der Waals surface area (Å²) in [5, 5.41) is 7.82. The summed E-state index contributed by atoms with van der Waals surface area (Å²) in [6.07, 6.45) is 0. The van der Waals surface area contributed by atoms with Crippen LogP contribution < -0.4 is 0 Å². The van der Waals surface area contributed by atoms with Crippen molar-refractivity contribution in [2.75, 3.05) is 0 Å². The third-order valence-electron chi connectivity index (χ3n) is 9.57. The van der Waals surface area contributed by atoms with Crippen molar-refractivity contribution < 1.29 is 0 Å². The minimum Gasteiger partial charge on any atom is -0.309 e. The van der Waals surface area contributed by atoms with Gasteiger partial charge >= 0.3 is 0 Å². The van der Waals surface area contributed by atoms with Crippen molar-refractivity contribution in [3.63, 3.8) is 0 Å². The number of fused-ring (bicyclic) bond motifs is 8. The molecule has 0 spiro atoms. The molecule has 0 fully saturated rings. The molecule has 0 aliphatic heterocycles. The summed E-state index contributed by atoms with van der Waals surface area (Å²) in [7, 11) is 0. The highest BCUT2D eigenvalue weighted by Crippen LogP contribution is 2.42. The smallest absolute Gasteiger partial charge is 0.0715 e. The third kappa shape index (κ3) is 4.29. The fourth-order valence-corrected chi connectivity index (χ4v) is 8.42. The van der Waals surface area contributed by atoms with E-state index in [0.717, 1.165) is 39.3 Å². The molecule has 10 aromatic rings. The standard InChI is InChI=1S/C45H28N2S/c1-3-11-30(12-4-1)39-25-33(26-40(46-39)31-13-5-2-6-14-31)29-19-22-34(23-20-29)47-41-17-9-7-15-35(41)38-28-37-32(27-42(38)47)21-24-44-45(37)36-16-8-10-18-43(36)48-44/h1-28H. The summed E-state index contributed by atoms with van der Waals surface area (Å²) >= 11 is 1.88. The first-order chi connectivity index (χ1) is 23.8. The summed E-state index contributed by atoms with van der Waals surface area (Å²) < 4.78 is 5.09. The minimum absolute atomic E-state index is 0.970. The molecule has 7 aromatic carbocycles. The van der Waals surface area contributed by atoms with Crippen LogP contribution in [0, 0.1) is 0 Å². The molecule has 3 aromatic heterocycles. The van der Waals surface area contributed by atoms with Crippen LogP contribution >= 0.6 is 11.3 Å². The van der Waals surface area contributed by atoms with Crippen molar-refractivity contribution in [1.29, 1.82) is 0 Å². The van der Waals surface area contributed by atoms with Crippen LogP contribution in [0.2, 0.25) is 0 Å². The Morgan fingerprint density at radius 3 is 1.77 bits per heavy atom. The SMILES string of the molecule is c1ccc(-c2cc(-c3ccc(-n4c5ccccc5c5cc6c(ccc7sc8ccccc8c76)cc54)cc3)cc(-c3ccccc3)n2)cc1. The first-order valence-corrected chi connectivity index (χ1v) is 17.1. The second kappa shape index (κ2) is 10.8. The second-order valence-electron chi connectivity index (χ2n) is 12.4. The number of thiophene rings is 1. The zero-order chi connectivity index (χ0) is 31.6. The second-order valence-corrected chi connectivity index (χ2v) is 13.5. The van der Waals surface area contributed by atoms with E-state index in [-0.39, 0.29) is 0 Å². The van der Waals surface area contributed by atoms with E-state index in [1.165, 1.54) is 52.8 Å². The van der Waals surface area contributed by atoms with Crippen molar-refractivity contribution in [1.82, 2.24) is 9.55 Å². The van der Waals surface area contributed by atoms with Gasteiger partial charge in [0.2, 0.25) is 0 Å². The molecule has 0 saturated carbocycles. The average molecular weight is 629 g/mol. The van der Waals surface area contributed by atoms with Gasteiger partial charge in [-0.1, -0.05) is 115 Å². The molecule has 2 nitrogen and oxygen atoms in total. The van der Waals surface area contributed by atoms with Gasteiger partial charge in [0, 0.05) is 47.8 Å².